The van der Waals surface area contributed by atoms with Crippen LogP contribution < -0.4 is 22.9 Å². The van der Waals surface area contributed by atoms with E-state index in [1.54, 1.807) is 23.8 Å². The maximum atomic E-state index is 5.24. The second kappa shape index (κ2) is 9.29. The second-order valence-electron chi connectivity index (χ2n) is 5.95. The molecular weight excluding hydrogens is 384 g/mol. The lowest BCUT2D eigenvalue weighted by Crippen LogP contribution is -2.21. The minimum Gasteiger partial charge on any atom is -0.369 e. The van der Waals surface area contributed by atoms with Crippen molar-refractivity contribution in [3.63, 3.8) is 0 Å². The molecule has 0 saturated heterocycles. The van der Waals surface area contributed by atoms with Gasteiger partial charge in [-0.15, -0.1) is 21.5 Å². The van der Waals surface area contributed by atoms with Gasteiger partial charge in [0.2, 0.25) is 11.9 Å². The van der Waals surface area contributed by atoms with Gasteiger partial charge >= 0.3 is 0 Å². The SMILES string of the molecule is NC(N)=N/N=C/c1ccc(-c2ccc(-c3ccc(/C=N/N=C(N)N)cc3)s2)cc1. The Balaban J connectivity index is 1.72. The first-order chi connectivity index (χ1) is 14.0. The number of hydrogen-bond donors (Lipinski definition) is 4. The maximum Gasteiger partial charge on any atom is 0.211 e. The predicted octanol–water partition coefficient (Wildman–Crippen LogP) is 2.30. The summed E-state index contributed by atoms with van der Waals surface area (Å²) in [4.78, 5) is 2.34. The lowest BCUT2D eigenvalue weighted by Gasteiger charge is -2.00. The minimum atomic E-state index is -0.0712. The van der Waals surface area contributed by atoms with Crippen LogP contribution in [0.15, 0.2) is 81.1 Å². The van der Waals surface area contributed by atoms with Crippen LogP contribution in [0.1, 0.15) is 11.1 Å². The molecule has 0 bridgehead atoms. The third-order valence-electron chi connectivity index (χ3n) is 3.76. The summed E-state index contributed by atoms with van der Waals surface area (Å²) in [5, 5.41) is 14.8. The molecule has 9 heteroatoms. The van der Waals surface area contributed by atoms with Crippen LogP contribution in [0.4, 0.5) is 0 Å². The molecule has 2 aromatic carbocycles. The van der Waals surface area contributed by atoms with Crippen LogP contribution in [0.5, 0.6) is 0 Å². The Bertz CT molecular complexity index is 982. The first-order valence-electron chi connectivity index (χ1n) is 8.56. The fourth-order valence-corrected chi connectivity index (χ4v) is 3.46. The molecule has 0 atom stereocenters. The average molecular weight is 405 g/mol. The summed E-state index contributed by atoms with van der Waals surface area (Å²) < 4.78 is 0. The highest BCUT2D eigenvalue weighted by Crippen LogP contribution is 2.34. The molecule has 0 radical (unpaired) electrons. The molecule has 0 unspecified atom stereocenters. The number of thiophene rings is 1. The molecule has 0 fully saturated rings. The molecule has 3 rings (SSSR count). The van der Waals surface area contributed by atoms with Crippen LogP contribution >= 0.6 is 11.3 Å². The van der Waals surface area contributed by atoms with Crippen molar-refractivity contribution >= 4 is 35.7 Å². The summed E-state index contributed by atoms with van der Waals surface area (Å²) in [6.07, 6.45) is 3.20. The van der Waals surface area contributed by atoms with Crippen LogP contribution in [0, 0.1) is 0 Å². The zero-order valence-corrected chi connectivity index (χ0v) is 16.3. The highest BCUT2D eigenvalue weighted by Gasteiger charge is 2.05. The topological polar surface area (TPSA) is 154 Å². The largest absolute Gasteiger partial charge is 0.369 e. The van der Waals surface area contributed by atoms with Crippen LogP contribution in [0.3, 0.4) is 0 Å². The minimum absolute atomic E-state index is 0.0712. The van der Waals surface area contributed by atoms with E-state index in [1.807, 2.05) is 48.5 Å². The molecule has 8 nitrogen and oxygen atoms in total. The van der Waals surface area contributed by atoms with E-state index in [0.29, 0.717) is 0 Å². The number of hydrogen-bond acceptors (Lipinski definition) is 5. The fraction of sp³-hybridized carbons (Fsp3) is 0. The van der Waals surface area contributed by atoms with Gasteiger partial charge in [-0.05, 0) is 34.4 Å². The maximum absolute atomic E-state index is 5.24. The third kappa shape index (κ3) is 5.75. The summed E-state index contributed by atoms with van der Waals surface area (Å²) in [7, 11) is 0. The molecular formula is C20H20N8S. The van der Waals surface area contributed by atoms with E-state index < -0.39 is 0 Å². The molecule has 29 heavy (non-hydrogen) atoms. The first-order valence-corrected chi connectivity index (χ1v) is 9.37. The molecule has 1 heterocycles. The zero-order valence-electron chi connectivity index (χ0n) is 15.4. The standard InChI is InChI=1S/C20H20N8S/c21-19(22)27-25-11-13-1-5-15(6-2-13)17-9-10-18(29-17)16-7-3-14(4-8-16)12-26-28-20(23)24/h1-12H,(H4,21,22,27)(H4,23,24,28)/b25-11+,26-12+. The Kier molecular flexibility index (Phi) is 6.33. The summed E-state index contributed by atoms with van der Waals surface area (Å²) in [5.74, 6) is -0.142. The molecule has 1 aromatic heterocycles. The van der Waals surface area contributed by atoms with E-state index in [0.717, 1.165) is 22.3 Å². The van der Waals surface area contributed by atoms with Crippen molar-refractivity contribution in [1.82, 2.24) is 0 Å². The predicted molar refractivity (Wildman–Crippen MR) is 122 cm³/mol. The van der Waals surface area contributed by atoms with E-state index in [-0.39, 0.29) is 11.9 Å². The van der Waals surface area contributed by atoms with E-state index in [2.05, 4.69) is 32.5 Å². The Labute approximate surface area is 172 Å². The van der Waals surface area contributed by atoms with E-state index in [1.165, 1.54) is 9.75 Å². The molecule has 0 amide bonds. The third-order valence-corrected chi connectivity index (χ3v) is 4.94. The molecule has 8 N–H and O–H groups in total. The van der Waals surface area contributed by atoms with Gasteiger partial charge in [0, 0.05) is 9.75 Å². The van der Waals surface area contributed by atoms with E-state index in [4.69, 9.17) is 22.9 Å². The van der Waals surface area contributed by atoms with E-state index >= 15 is 0 Å². The van der Waals surface area contributed by atoms with Crippen molar-refractivity contribution < 1.29 is 0 Å². The van der Waals surface area contributed by atoms with Gasteiger partial charge in [0.15, 0.2) is 0 Å². The van der Waals surface area contributed by atoms with Crippen molar-refractivity contribution in [3.8, 4) is 20.9 Å². The van der Waals surface area contributed by atoms with Gasteiger partial charge in [-0.3, -0.25) is 0 Å². The number of nitrogens with zero attached hydrogens (tertiary/aromatic N) is 4. The van der Waals surface area contributed by atoms with Crippen molar-refractivity contribution in [2.75, 3.05) is 0 Å². The fourth-order valence-electron chi connectivity index (χ4n) is 2.44. The number of benzene rings is 2. The van der Waals surface area contributed by atoms with Gasteiger partial charge < -0.3 is 22.9 Å². The zero-order chi connectivity index (χ0) is 20.6. The number of nitrogens with two attached hydrogens (primary N) is 4. The van der Waals surface area contributed by atoms with Gasteiger partial charge in [-0.25, -0.2) is 0 Å². The van der Waals surface area contributed by atoms with Crippen molar-refractivity contribution in [2.45, 2.75) is 0 Å². The quantitative estimate of drug-likeness (QED) is 0.283. The first kappa shape index (κ1) is 19.8. The average Bonchev–Trinajstić information content (AvgIpc) is 3.19. The normalized spacial score (nSPS) is 11.0. The van der Waals surface area contributed by atoms with E-state index in [9.17, 15) is 0 Å². The second-order valence-corrected chi connectivity index (χ2v) is 7.03. The van der Waals surface area contributed by atoms with Crippen molar-refractivity contribution in [2.24, 2.45) is 43.3 Å². The number of guanidine groups is 2. The van der Waals surface area contributed by atoms with Crippen molar-refractivity contribution in [1.29, 1.82) is 0 Å². The van der Waals surface area contributed by atoms with Gasteiger partial charge in [0.1, 0.15) is 0 Å². The molecule has 146 valence electrons. The van der Waals surface area contributed by atoms with Crippen LogP contribution in [0.2, 0.25) is 0 Å². The Morgan fingerprint density at radius 2 is 0.966 bits per heavy atom. The lowest BCUT2D eigenvalue weighted by atomic mass is 10.1. The Morgan fingerprint density at radius 1 is 0.586 bits per heavy atom. The van der Waals surface area contributed by atoms with Gasteiger partial charge in [-0.1, -0.05) is 48.5 Å². The summed E-state index contributed by atoms with van der Waals surface area (Å²) in [6, 6.07) is 20.2. The Hall–Kier alpha value is -3.98. The van der Waals surface area contributed by atoms with Crippen LogP contribution in [0.25, 0.3) is 20.9 Å². The molecule has 0 aliphatic carbocycles. The van der Waals surface area contributed by atoms with Crippen molar-refractivity contribution in [3.05, 3.63) is 71.8 Å². The van der Waals surface area contributed by atoms with Crippen LogP contribution in [-0.4, -0.2) is 24.3 Å². The molecule has 3 aromatic rings. The Morgan fingerprint density at radius 3 is 1.31 bits per heavy atom. The smallest absolute Gasteiger partial charge is 0.211 e. The molecule has 0 saturated carbocycles. The van der Waals surface area contributed by atoms with Gasteiger partial charge in [-0.2, -0.15) is 10.2 Å². The van der Waals surface area contributed by atoms with Gasteiger partial charge in [0.25, 0.3) is 0 Å². The van der Waals surface area contributed by atoms with Gasteiger partial charge in [0.05, 0.1) is 12.4 Å². The summed E-state index contributed by atoms with van der Waals surface area (Å²) >= 11 is 1.72. The highest BCUT2D eigenvalue weighted by atomic mass is 32.1. The summed E-state index contributed by atoms with van der Waals surface area (Å²) in [5.41, 5.74) is 25.0. The number of rotatable bonds is 6. The van der Waals surface area contributed by atoms with Crippen LogP contribution in [-0.2, 0) is 0 Å². The lowest BCUT2D eigenvalue weighted by molar-refractivity contribution is 1.21. The monoisotopic (exact) mass is 404 g/mol. The summed E-state index contributed by atoms with van der Waals surface area (Å²) in [6.45, 7) is 0. The molecule has 0 spiro atoms. The molecule has 0 aliphatic rings. The highest BCUT2D eigenvalue weighted by molar-refractivity contribution is 7.18. The molecule has 0 aliphatic heterocycles.